The average Bonchev–Trinajstić information content (AvgIpc) is 3.12. The first kappa shape index (κ1) is 19.4. The smallest absolute Gasteiger partial charge is 0.416 e. The molecule has 1 fully saturated rings. The van der Waals surface area contributed by atoms with Crippen molar-refractivity contribution in [2.45, 2.75) is 44.4 Å². The first-order chi connectivity index (χ1) is 12.8. The molecule has 2 aromatic carbocycles. The molecular weight excluding hydrogens is 355 g/mol. The molecule has 3 rings (SSSR count). The summed E-state index contributed by atoms with van der Waals surface area (Å²) in [4.78, 5) is 13.5. The summed E-state index contributed by atoms with van der Waals surface area (Å²) < 4.78 is 39.6. The number of halogens is 3. The summed E-state index contributed by atoms with van der Waals surface area (Å²) in [5.74, 6) is -0.936. The Hall–Kier alpha value is -2.34. The van der Waals surface area contributed by atoms with Crippen LogP contribution in [-0.4, -0.2) is 28.6 Å². The molecule has 1 aliphatic rings. The van der Waals surface area contributed by atoms with Crippen LogP contribution in [0.25, 0.3) is 0 Å². The summed E-state index contributed by atoms with van der Waals surface area (Å²) in [5, 5.41) is 9.57. The van der Waals surface area contributed by atoms with Crippen LogP contribution in [0.3, 0.4) is 0 Å². The molecule has 3 nitrogen and oxygen atoms in total. The van der Waals surface area contributed by atoms with Crippen LogP contribution in [0.5, 0.6) is 0 Å². The van der Waals surface area contributed by atoms with Crippen LogP contribution in [0.1, 0.15) is 48.1 Å². The topological polar surface area (TPSA) is 40.5 Å². The highest BCUT2D eigenvalue weighted by Crippen LogP contribution is 2.37. The van der Waals surface area contributed by atoms with Gasteiger partial charge in [-0.05, 0) is 48.1 Å². The van der Waals surface area contributed by atoms with Crippen molar-refractivity contribution in [2.75, 3.05) is 6.54 Å². The summed E-state index contributed by atoms with van der Waals surface area (Å²) in [6.07, 6.45) is -2.38. The van der Waals surface area contributed by atoms with Gasteiger partial charge in [0.15, 0.2) is 0 Å². The number of nitrogens with zero attached hydrogens (tertiary/aromatic N) is 1. The van der Waals surface area contributed by atoms with E-state index in [-0.39, 0.29) is 0 Å². The number of benzene rings is 2. The van der Waals surface area contributed by atoms with Crippen molar-refractivity contribution in [2.24, 2.45) is 0 Å². The lowest BCUT2D eigenvalue weighted by atomic mass is 9.94. The number of aliphatic carboxylic acids is 1. The highest BCUT2D eigenvalue weighted by atomic mass is 19.4. The van der Waals surface area contributed by atoms with Crippen molar-refractivity contribution in [1.29, 1.82) is 0 Å². The van der Waals surface area contributed by atoms with E-state index in [0.29, 0.717) is 24.9 Å². The number of carbonyl (C=O) groups is 1. The minimum Gasteiger partial charge on any atom is -0.480 e. The highest BCUT2D eigenvalue weighted by molar-refractivity contribution is 5.74. The summed E-state index contributed by atoms with van der Waals surface area (Å²) in [6.45, 7) is 2.56. The van der Waals surface area contributed by atoms with E-state index in [1.54, 1.807) is 11.0 Å². The summed E-state index contributed by atoms with van der Waals surface area (Å²) in [6, 6.07) is 11.7. The van der Waals surface area contributed by atoms with Crippen LogP contribution in [0, 0.1) is 0 Å². The molecule has 0 aromatic heterocycles. The van der Waals surface area contributed by atoms with E-state index >= 15 is 0 Å². The van der Waals surface area contributed by atoms with Gasteiger partial charge in [0.25, 0.3) is 0 Å². The Morgan fingerprint density at radius 2 is 1.89 bits per heavy atom. The number of aryl methyl sites for hydroxylation is 1. The van der Waals surface area contributed by atoms with Crippen molar-refractivity contribution in [3.05, 3.63) is 70.8 Å². The van der Waals surface area contributed by atoms with Gasteiger partial charge in [-0.15, -0.1) is 0 Å². The number of rotatable bonds is 5. The Morgan fingerprint density at radius 3 is 2.48 bits per heavy atom. The van der Waals surface area contributed by atoms with E-state index in [1.807, 2.05) is 31.2 Å². The maximum absolute atomic E-state index is 13.2. The number of carboxylic acid groups (broad SMARTS) is 1. The van der Waals surface area contributed by atoms with Gasteiger partial charge in [0.1, 0.15) is 6.04 Å². The number of alkyl halides is 3. The van der Waals surface area contributed by atoms with Crippen LogP contribution < -0.4 is 0 Å². The van der Waals surface area contributed by atoms with Gasteiger partial charge in [0, 0.05) is 6.54 Å². The van der Waals surface area contributed by atoms with E-state index in [0.717, 1.165) is 29.7 Å². The van der Waals surface area contributed by atoms with E-state index in [2.05, 4.69) is 0 Å². The highest BCUT2D eigenvalue weighted by Gasteiger charge is 2.38. The van der Waals surface area contributed by atoms with Crippen molar-refractivity contribution >= 4 is 5.97 Å². The summed E-state index contributed by atoms with van der Waals surface area (Å²) in [5.41, 5.74) is 1.67. The second kappa shape index (κ2) is 7.72. The Bertz CT molecular complexity index is 802. The lowest BCUT2D eigenvalue weighted by Crippen LogP contribution is -2.39. The number of hydrogen-bond donors (Lipinski definition) is 1. The molecule has 0 amide bonds. The van der Waals surface area contributed by atoms with Crippen LogP contribution >= 0.6 is 0 Å². The first-order valence-corrected chi connectivity index (χ1v) is 9.05. The molecule has 27 heavy (non-hydrogen) atoms. The molecule has 144 valence electrons. The van der Waals surface area contributed by atoms with Gasteiger partial charge >= 0.3 is 12.1 Å². The quantitative estimate of drug-likeness (QED) is 0.805. The third-order valence-corrected chi connectivity index (χ3v) is 5.14. The lowest BCUT2D eigenvalue weighted by Gasteiger charge is -2.32. The summed E-state index contributed by atoms with van der Waals surface area (Å²) in [7, 11) is 0. The second-order valence-electron chi connectivity index (χ2n) is 6.85. The predicted molar refractivity (Wildman–Crippen MR) is 96.5 cm³/mol. The Labute approximate surface area is 156 Å². The molecule has 6 heteroatoms. The van der Waals surface area contributed by atoms with Crippen molar-refractivity contribution in [1.82, 2.24) is 4.90 Å². The SMILES string of the molecule is CCc1ccc(C(c2cccc(C(F)(F)F)c2)N2CCCC2C(=O)O)cc1. The van der Waals surface area contributed by atoms with Crippen molar-refractivity contribution < 1.29 is 23.1 Å². The maximum atomic E-state index is 13.2. The third kappa shape index (κ3) is 4.16. The zero-order valence-electron chi connectivity index (χ0n) is 15.0. The monoisotopic (exact) mass is 377 g/mol. The molecule has 2 aromatic rings. The molecule has 2 unspecified atom stereocenters. The zero-order valence-corrected chi connectivity index (χ0v) is 15.0. The molecule has 0 radical (unpaired) electrons. The van der Waals surface area contributed by atoms with Gasteiger partial charge in [0.05, 0.1) is 11.6 Å². The normalized spacial score (nSPS) is 19.2. The Morgan fingerprint density at radius 1 is 1.19 bits per heavy atom. The fourth-order valence-corrected chi connectivity index (χ4v) is 3.76. The van der Waals surface area contributed by atoms with Gasteiger partial charge in [-0.1, -0.05) is 43.3 Å². The van der Waals surface area contributed by atoms with Crippen LogP contribution in [0.2, 0.25) is 0 Å². The zero-order chi connectivity index (χ0) is 19.6. The van der Waals surface area contributed by atoms with Gasteiger partial charge in [-0.25, -0.2) is 0 Å². The minimum atomic E-state index is -4.44. The third-order valence-electron chi connectivity index (χ3n) is 5.14. The largest absolute Gasteiger partial charge is 0.480 e. The van der Waals surface area contributed by atoms with Crippen LogP contribution in [0.4, 0.5) is 13.2 Å². The molecule has 1 saturated heterocycles. The number of hydrogen-bond acceptors (Lipinski definition) is 2. The summed E-state index contributed by atoms with van der Waals surface area (Å²) >= 11 is 0. The van der Waals surface area contributed by atoms with Crippen LogP contribution in [-0.2, 0) is 17.4 Å². The van der Waals surface area contributed by atoms with E-state index < -0.39 is 29.8 Å². The van der Waals surface area contributed by atoms with Crippen molar-refractivity contribution in [3.8, 4) is 0 Å². The molecule has 2 atom stereocenters. The molecule has 1 aliphatic heterocycles. The maximum Gasteiger partial charge on any atom is 0.416 e. The predicted octanol–water partition coefficient (Wildman–Crippen LogP) is 4.91. The molecule has 0 spiro atoms. The van der Waals surface area contributed by atoms with Gasteiger partial charge < -0.3 is 5.11 Å². The first-order valence-electron chi connectivity index (χ1n) is 9.05. The average molecular weight is 377 g/mol. The molecule has 0 bridgehead atoms. The van der Waals surface area contributed by atoms with E-state index in [4.69, 9.17) is 0 Å². The van der Waals surface area contributed by atoms with Crippen LogP contribution in [0.15, 0.2) is 48.5 Å². The minimum absolute atomic E-state index is 0.460. The second-order valence-corrected chi connectivity index (χ2v) is 6.85. The molecule has 1 N–H and O–H groups in total. The van der Waals surface area contributed by atoms with Gasteiger partial charge in [-0.3, -0.25) is 9.69 Å². The molecule has 0 aliphatic carbocycles. The molecule has 0 saturated carbocycles. The number of likely N-dealkylation sites (tertiary alicyclic amines) is 1. The molecular formula is C21H22F3NO2. The number of carboxylic acids is 1. The fourth-order valence-electron chi connectivity index (χ4n) is 3.76. The van der Waals surface area contributed by atoms with E-state index in [1.165, 1.54) is 6.07 Å². The Kier molecular flexibility index (Phi) is 5.56. The lowest BCUT2D eigenvalue weighted by molar-refractivity contribution is -0.143. The van der Waals surface area contributed by atoms with Gasteiger partial charge in [0.2, 0.25) is 0 Å². The van der Waals surface area contributed by atoms with Crippen molar-refractivity contribution in [3.63, 3.8) is 0 Å². The fraction of sp³-hybridized carbons (Fsp3) is 0.381. The standard InChI is InChI=1S/C21H22F3NO2/c1-2-14-8-10-15(11-9-14)19(25-12-4-7-18(25)20(26)27)16-5-3-6-17(13-16)21(22,23)24/h3,5-6,8-11,13,18-19H,2,4,7,12H2,1H3,(H,26,27). The van der Waals surface area contributed by atoms with E-state index in [9.17, 15) is 23.1 Å². The Balaban J connectivity index is 2.08. The molecule has 1 heterocycles. The van der Waals surface area contributed by atoms with Gasteiger partial charge in [-0.2, -0.15) is 13.2 Å².